The summed E-state index contributed by atoms with van der Waals surface area (Å²) in [5.74, 6) is 2.54. The number of nitrogens with one attached hydrogen (secondary N) is 1. The van der Waals surface area contributed by atoms with Gasteiger partial charge in [0.2, 0.25) is 0 Å². The molecule has 1 N–H and O–H groups in total. The van der Waals surface area contributed by atoms with E-state index in [-0.39, 0.29) is 0 Å². The molecule has 1 aliphatic rings. The van der Waals surface area contributed by atoms with E-state index in [4.69, 9.17) is 0 Å². The van der Waals surface area contributed by atoms with Gasteiger partial charge in [0.1, 0.15) is 0 Å². The van der Waals surface area contributed by atoms with E-state index >= 15 is 0 Å². The van der Waals surface area contributed by atoms with Gasteiger partial charge in [-0.05, 0) is 18.3 Å². The Kier molecular flexibility index (Phi) is 3.13. The third kappa shape index (κ3) is 2.17. The van der Waals surface area contributed by atoms with Crippen molar-refractivity contribution in [2.45, 2.75) is 26.2 Å². The molecule has 1 heterocycles. The normalized spacial score (nSPS) is 23.4. The van der Waals surface area contributed by atoms with Crippen molar-refractivity contribution < 1.29 is 0 Å². The van der Waals surface area contributed by atoms with Crippen molar-refractivity contribution in [1.82, 2.24) is 10.2 Å². The molecule has 0 radical (unpaired) electrons. The smallest absolute Gasteiger partial charge is 0.156 e. The van der Waals surface area contributed by atoms with Gasteiger partial charge < -0.3 is 5.32 Å². The molecule has 1 saturated carbocycles. The number of aromatic nitrogens is 2. The van der Waals surface area contributed by atoms with Crippen molar-refractivity contribution in [2.75, 3.05) is 11.9 Å². The van der Waals surface area contributed by atoms with E-state index in [0.29, 0.717) is 0 Å². The topological polar surface area (TPSA) is 37.8 Å². The van der Waals surface area contributed by atoms with Crippen molar-refractivity contribution >= 4 is 16.6 Å². The maximum absolute atomic E-state index is 4.23. The quantitative estimate of drug-likeness (QED) is 0.894. The molecule has 3 heteroatoms. The Morgan fingerprint density at radius 2 is 2.17 bits per heavy atom. The van der Waals surface area contributed by atoms with Crippen molar-refractivity contribution in [3.63, 3.8) is 0 Å². The maximum Gasteiger partial charge on any atom is 0.156 e. The number of fused-ring (bicyclic) bond motifs is 1. The third-order valence-corrected chi connectivity index (χ3v) is 4.14. The number of nitrogens with zero attached hydrogens (tertiary/aromatic N) is 2. The second-order valence-corrected chi connectivity index (χ2v) is 5.33. The fourth-order valence-electron chi connectivity index (χ4n) is 2.91. The standard InChI is InChI=1S/C15H19N3/c1-11-5-4-7-12(11)9-16-15-14-8-3-2-6-13(14)10-17-18-15/h2-3,6,8,10-12H,4-5,7,9H2,1H3,(H,16,18). The van der Waals surface area contributed by atoms with E-state index in [1.807, 2.05) is 18.3 Å². The SMILES string of the molecule is CC1CCCC1CNc1nncc2ccccc12. The first kappa shape index (κ1) is 11.5. The van der Waals surface area contributed by atoms with Crippen LogP contribution in [0, 0.1) is 11.8 Å². The van der Waals surface area contributed by atoms with Crippen LogP contribution in [0.4, 0.5) is 5.82 Å². The first-order valence-electron chi connectivity index (χ1n) is 6.79. The molecule has 1 fully saturated rings. The van der Waals surface area contributed by atoms with Crippen LogP contribution in [0.2, 0.25) is 0 Å². The monoisotopic (exact) mass is 241 g/mol. The van der Waals surface area contributed by atoms with E-state index in [2.05, 4.69) is 34.6 Å². The van der Waals surface area contributed by atoms with Crippen LogP contribution in [-0.4, -0.2) is 16.7 Å². The van der Waals surface area contributed by atoms with Gasteiger partial charge in [-0.1, -0.05) is 44.0 Å². The second kappa shape index (κ2) is 4.92. The van der Waals surface area contributed by atoms with Crippen LogP contribution in [-0.2, 0) is 0 Å². The highest BCUT2D eigenvalue weighted by Crippen LogP contribution is 2.31. The summed E-state index contributed by atoms with van der Waals surface area (Å²) in [5.41, 5.74) is 0. The van der Waals surface area contributed by atoms with Crippen molar-refractivity contribution in [1.29, 1.82) is 0 Å². The van der Waals surface area contributed by atoms with Crippen LogP contribution in [0.15, 0.2) is 30.5 Å². The number of rotatable bonds is 3. The number of hydrogen-bond donors (Lipinski definition) is 1. The lowest BCUT2D eigenvalue weighted by atomic mass is 9.98. The number of anilines is 1. The molecule has 3 nitrogen and oxygen atoms in total. The van der Waals surface area contributed by atoms with Gasteiger partial charge in [-0.3, -0.25) is 0 Å². The summed E-state index contributed by atoms with van der Waals surface area (Å²) >= 11 is 0. The van der Waals surface area contributed by atoms with Gasteiger partial charge in [0, 0.05) is 17.3 Å². The summed E-state index contributed by atoms with van der Waals surface area (Å²) < 4.78 is 0. The molecular weight excluding hydrogens is 222 g/mol. The Balaban J connectivity index is 1.78. The molecule has 0 saturated heterocycles. The van der Waals surface area contributed by atoms with E-state index < -0.39 is 0 Å². The molecule has 0 amide bonds. The highest BCUT2D eigenvalue weighted by molar-refractivity contribution is 5.90. The molecule has 2 unspecified atom stereocenters. The fraction of sp³-hybridized carbons (Fsp3) is 0.467. The predicted octanol–water partition coefficient (Wildman–Crippen LogP) is 3.48. The molecule has 3 rings (SSSR count). The molecular formula is C15H19N3. The Bertz CT molecular complexity index is 533. The minimum Gasteiger partial charge on any atom is -0.368 e. The summed E-state index contributed by atoms with van der Waals surface area (Å²) in [6.45, 7) is 3.37. The van der Waals surface area contributed by atoms with Gasteiger partial charge >= 0.3 is 0 Å². The maximum atomic E-state index is 4.23. The van der Waals surface area contributed by atoms with Crippen molar-refractivity contribution in [2.24, 2.45) is 11.8 Å². The Hall–Kier alpha value is -1.64. The molecule has 1 aliphatic carbocycles. The van der Waals surface area contributed by atoms with Crippen molar-refractivity contribution in [3.8, 4) is 0 Å². The summed E-state index contributed by atoms with van der Waals surface area (Å²) in [7, 11) is 0. The summed E-state index contributed by atoms with van der Waals surface area (Å²) in [5, 5.41) is 14.1. The number of hydrogen-bond acceptors (Lipinski definition) is 3. The van der Waals surface area contributed by atoms with Gasteiger partial charge in [0.05, 0.1) is 6.20 Å². The number of benzene rings is 1. The molecule has 2 aromatic rings. The van der Waals surface area contributed by atoms with Crippen LogP contribution >= 0.6 is 0 Å². The average molecular weight is 241 g/mol. The van der Waals surface area contributed by atoms with Crippen LogP contribution < -0.4 is 5.32 Å². The zero-order chi connectivity index (χ0) is 12.4. The van der Waals surface area contributed by atoms with E-state index in [0.717, 1.165) is 35.0 Å². The first-order valence-corrected chi connectivity index (χ1v) is 6.79. The van der Waals surface area contributed by atoms with Gasteiger partial charge in [0.15, 0.2) is 5.82 Å². The van der Waals surface area contributed by atoms with Gasteiger partial charge in [-0.15, -0.1) is 5.10 Å². The molecule has 18 heavy (non-hydrogen) atoms. The van der Waals surface area contributed by atoms with Gasteiger partial charge in [-0.2, -0.15) is 5.10 Å². The highest BCUT2D eigenvalue weighted by atomic mass is 15.2. The Morgan fingerprint density at radius 3 is 3.00 bits per heavy atom. The lowest BCUT2D eigenvalue weighted by Gasteiger charge is -2.16. The minimum atomic E-state index is 0.783. The van der Waals surface area contributed by atoms with E-state index in [1.54, 1.807) is 0 Å². The van der Waals surface area contributed by atoms with Crippen LogP contribution in [0.3, 0.4) is 0 Å². The molecule has 0 bridgehead atoms. The minimum absolute atomic E-state index is 0.783. The van der Waals surface area contributed by atoms with Gasteiger partial charge in [0.25, 0.3) is 0 Å². The van der Waals surface area contributed by atoms with Crippen LogP contribution in [0.1, 0.15) is 26.2 Å². The fourth-order valence-corrected chi connectivity index (χ4v) is 2.91. The van der Waals surface area contributed by atoms with Crippen LogP contribution in [0.25, 0.3) is 10.8 Å². The zero-order valence-corrected chi connectivity index (χ0v) is 10.8. The Labute approximate surface area is 108 Å². The Morgan fingerprint density at radius 1 is 1.28 bits per heavy atom. The highest BCUT2D eigenvalue weighted by Gasteiger charge is 2.23. The van der Waals surface area contributed by atoms with Gasteiger partial charge in [-0.25, -0.2) is 0 Å². The molecule has 1 aromatic carbocycles. The molecule has 0 spiro atoms. The molecule has 0 aliphatic heterocycles. The third-order valence-electron chi connectivity index (χ3n) is 4.14. The lowest BCUT2D eigenvalue weighted by molar-refractivity contribution is 0.439. The summed E-state index contributed by atoms with van der Waals surface area (Å²) in [4.78, 5) is 0. The second-order valence-electron chi connectivity index (χ2n) is 5.33. The molecule has 94 valence electrons. The lowest BCUT2D eigenvalue weighted by Crippen LogP contribution is -2.17. The largest absolute Gasteiger partial charge is 0.368 e. The van der Waals surface area contributed by atoms with E-state index in [1.165, 1.54) is 19.3 Å². The average Bonchev–Trinajstić information content (AvgIpc) is 2.82. The molecule has 1 aromatic heterocycles. The van der Waals surface area contributed by atoms with Crippen molar-refractivity contribution in [3.05, 3.63) is 30.5 Å². The zero-order valence-electron chi connectivity index (χ0n) is 10.8. The van der Waals surface area contributed by atoms with E-state index in [9.17, 15) is 0 Å². The molecule has 2 atom stereocenters. The first-order chi connectivity index (χ1) is 8.84. The summed E-state index contributed by atoms with van der Waals surface area (Å²) in [6.07, 6.45) is 5.90. The van der Waals surface area contributed by atoms with Crippen LogP contribution in [0.5, 0.6) is 0 Å². The predicted molar refractivity (Wildman–Crippen MR) is 74.5 cm³/mol. The summed E-state index contributed by atoms with van der Waals surface area (Å²) in [6, 6.07) is 8.26.